The number of pyridine rings is 1. The Balaban J connectivity index is 1.75. The maximum Gasteiger partial charge on any atom is 0.222 e. The van der Waals surface area contributed by atoms with Crippen molar-refractivity contribution in [2.24, 2.45) is 0 Å². The monoisotopic (exact) mass is 291 g/mol. The molecule has 21 heavy (non-hydrogen) atoms. The van der Waals surface area contributed by atoms with Crippen LogP contribution in [0.2, 0.25) is 0 Å². The van der Waals surface area contributed by atoms with Gasteiger partial charge in [0.1, 0.15) is 5.65 Å². The van der Waals surface area contributed by atoms with Crippen molar-refractivity contribution in [1.82, 2.24) is 14.7 Å². The molecule has 1 amide bonds. The van der Waals surface area contributed by atoms with Gasteiger partial charge in [0.2, 0.25) is 5.91 Å². The lowest BCUT2D eigenvalue weighted by Crippen LogP contribution is -2.24. The van der Waals surface area contributed by atoms with Crippen LogP contribution in [-0.4, -0.2) is 42.2 Å². The lowest BCUT2D eigenvalue weighted by molar-refractivity contribution is -0.122. The number of imidazole rings is 1. The predicted molar refractivity (Wildman–Crippen MR) is 79.1 cm³/mol. The van der Waals surface area contributed by atoms with Crippen LogP contribution in [0.5, 0.6) is 0 Å². The summed E-state index contributed by atoms with van der Waals surface area (Å²) in [7, 11) is 1.62. The van der Waals surface area contributed by atoms with Gasteiger partial charge in [-0.2, -0.15) is 0 Å². The third-order valence-electron chi connectivity index (χ3n) is 3.02. The van der Waals surface area contributed by atoms with Gasteiger partial charge in [-0.3, -0.25) is 4.79 Å². The van der Waals surface area contributed by atoms with Crippen LogP contribution in [0.3, 0.4) is 0 Å². The molecule has 0 saturated heterocycles. The average Bonchev–Trinajstić information content (AvgIpc) is 2.87. The molecular formula is C15H21N3O3. The average molecular weight is 291 g/mol. The first-order valence-electron chi connectivity index (χ1n) is 6.96. The van der Waals surface area contributed by atoms with Gasteiger partial charge in [0.25, 0.3) is 0 Å². The van der Waals surface area contributed by atoms with E-state index in [-0.39, 0.29) is 5.91 Å². The predicted octanol–water partition coefficient (Wildman–Crippen LogP) is 1.31. The minimum atomic E-state index is -0.0411. The Labute approximate surface area is 124 Å². The van der Waals surface area contributed by atoms with Crippen LogP contribution in [0.15, 0.2) is 24.5 Å². The number of nitrogens with one attached hydrogen (secondary N) is 1. The van der Waals surface area contributed by atoms with Crippen molar-refractivity contribution >= 4 is 11.6 Å². The van der Waals surface area contributed by atoms with Crippen LogP contribution in [0.1, 0.15) is 17.7 Å². The second kappa shape index (κ2) is 7.75. The highest BCUT2D eigenvalue weighted by molar-refractivity contribution is 5.75. The number of fused-ring (bicyclic) bond motifs is 1. The van der Waals surface area contributed by atoms with Crippen LogP contribution < -0.4 is 5.32 Å². The molecule has 0 aromatic carbocycles. The van der Waals surface area contributed by atoms with E-state index < -0.39 is 0 Å². The number of nitrogens with zero attached hydrogens (tertiary/aromatic N) is 2. The van der Waals surface area contributed by atoms with E-state index in [4.69, 9.17) is 9.47 Å². The molecule has 2 aromatic heterocycles. The van der Waals surface area contributed by atoms with Gasteiger partial charge >= 0.3 is 0 Å². The van der Waals surface area contributed by atoms with Gasteiger partial charge in [-0.25, -0.2) is 4.98 Å². The second-order valence-electron chi connectivity index (χ2n) is 4.84. The summed E-state index contributed by atoms with van der Waals surface area (Å²) in [4.78, 5) is 16.1. The summed E-state index contributed by atoms with van der Waals surface area (Å²) in [5.74, 6) is -0.0411. The van der Waals surface area contributed by atoms with E-state index in [1.54, 1.807) is 7.11 Å². The molecule has 2 aromatic rings. The van der Waals surface area contributed by atoms with Gasteiger partial charge in [-0.15, -0.1) is 0 Å². The van der Waals surface area contributed by atoms with Gasteiger partial charge in [0.05, 0.1) is 32.1 Å². The van der Waals surface area contributed by atoms with E-state index in [0.717, 1.165) is 11.3 Å². The summed E-state index contributed by atoms with van der Waals surface area (Å²) in [6.07, 6.45) is 4.28. The van der Waals surface area contributed by atoms with Crippen molar-refractivity contribution in [2.45, 2.75) is 19.9 Å². The number of aryl methyl sites for hydroxylation is 1. The lowest BCUT2D eigenvalue weighted by atomic mass is 10.3. The van der Waals surface area contributed by atoms with Crippen LogP contribution in [0.25, 0.3) is 5.65 Å². The first-order valence-corrected chi connectivity index (χ1v) is 6.96. The number of aromatic nitrogens is 2. The number of carbonyl (C=O) groups excluding carboxylic acids is 1. The van der Waals surface area contributed by atoms with Crippen molar-refractivity contribution in [1.29, 1.82) is 0 Å². The van der Waals surface area contributed by atoms with Crippen molar-refractivity contribution in [2.75, 3.05) is 26.9 Å². The number of ether oxygens (including phenoxy) is 2. The highest BCUT2D eigenvalue weighted by atomic mass is 16.5. The second-order valence-corrected chi connectivity index (χ2v) is 4.84. The Hall–Kier alpha value is -1.92. The highest BCUT2D eigenvalue weighted by Gasteiger charge is 2.05. The third kappa shape index (κ3) is 4.84. The van der Waals surface area contributed by atoms with Crippen molar-refractivity contribution in [3.8, 4) is 0 Å². The van der Waals surface area contributed by atoms with Crippen molar-refractivity contribution in [3.63, 3.8) is 0 Å². The van der Waals surface area contributed by atoms with Crippen LogP contribution in [-0.2, 0) is 20.8 Å². The summed E-state index contributed by atoms with van der Waals surface area (Å²) < 4.78 is 12.1. The Morgan fingerprint density at radius 1 is 1.29 bits per heavy atom. The van der Waals surface area contributed by atoms with Gasteiger partial charge in [-0.1, -0.05) is 6.07 Å². The minimum Gasteiger partial charge on any atom is -0.382 e. The zero-order valence-electron chi connectivity index (χ0n) is 12.5. The summed E-state index contributed by atoms with van der Waals surface area (Å²) in [6.45, 7) is 3.92. The van der Waals surface area contributed by atoms with E-state index in [1.807, 2.05) is 35.9 Å². The molecule has 0 fully saturated rings. The topological polar surface area (TPSA) is 64.9 Å². The standard InChI is InChI=1S/C15H21N3O3/c1-12-3-4-14-17-13(11-18(14)10-12)9-16-15(19)5-6-21-8-7-20-2/h3-4,10-11H,5-9H2,1-2H3,(H,16,19). The molecule has 0 bridgehead atoms. The van der Waals surface area contributed by atoms with E-state index >= 15 is 0 Å². The minimum absolute atomic E-state index is 0.0411. The van der Waals surface area contributed by atoms with Crippen molar-refractivity contribution in [3.05, 3.63) is 35.8 Å². The highest BCUT2D eigenvalue weighted by Crippen LogP contribution is 2.07. The summed E-state index contributed by atoms with van der Waals surface area (Å²) in [5, 5.41) is 2.84. The molecule has 0 saturated carbocycles. The molecule has 0 unspecified atom stereocenters. The van der Waals surface area contributed by atoms with Crippen LogP contribution in [0.4, 0.5) is 0 Å². The van der Waals surface area contributed by atoms with Crippen molar-refractivity contribution < 1.29 is 14.3 Å². The fourth-order valence-corrected chi connectivity index (χ4v) is 1.93. The zero-order chi connectivity index (χ0) is 15.1. The number of amides is 1. The van der Waals surface area contributed by atoms with E-state index in [2.05, 4.69) is 10.3 Å². The van der Waals surface area contributed by atoms with E-state index in [9.17, 15) is 4.79 Å². The summed E-state index contributed by atoms with van der Waals surface area (Å²) >= 11 is 0. The zero-order valence-corrected chi connectivity index (χ0v) is 12.5. The normalized spacial score (nSPS) is 11.0. The molecule has 2 rings (SSSR count). The van der Waals surface area contributed by atoms with Gasteiger partial charge in [0, 0.05) is 25.9 Å². The molecule has 6 nitrogen and oxygen atoms in total. The van der Waals surface area contributed by atoms with Gasteiger partial charge in [0.15, 0.2) is 0 Å². The first-order chi connectivity index (χ1) is 10.2. The fourth-order valence-electron chi connectivity index (χ4n) is 1.93. The molecule has 114 valence electrons. The lowest BCUT2D eigenvalue weighted by Gasteiger charge is -2.04. The molecule has 0 radical (unpaired) electrons. The largest absolute Gasteiger partial charge is 0.382 e. The van der Waals surface area contributed by atoms with E-state index in [1.165, 1.54) is 5.56 Å². The molecule has 0 aliphatic heterocycles. The number of hydrogen-bond acceptors (Lipinski definition) is 4. The summed E-state index contributed by atoms with van der Waals surface area (Å²) in [5.41, 5.74) is 2.89. The summed E-state index contributed by atoms with van der Waals surface area (Å²) in [6, 6.07) is 3.98. The molecule has 6 heteroatoms. The van der Waals surface area contributed by atoms with Gasteiger partial charge in [-0.05, 0) is 18.6 Å². The Bertz CT molecular complexity index is 595. The third-order valence-corrected chi connectivity index (χ3v) is 3.02. The molecular weight excluding hydrogens is 270 g/mol. The Kier molecular flexibility index (Phi) is 5.71. The number of carbonyl (C=O) groups is 1. The molecule has 0 spiro atoms. The Morgan fingerprint density at radius 3 is 2.95 bits per heavy atom. The number of methoxy groups -OCH3 is 1. The smallest absolute Gasteiger partial charge is 0.222 e. The molecule has 0 atom stereocenters. The maximum absolute atomic E-state index is 11.7. The van der Waals surface area contributed by atoms with E-state index in [0.29, 0.717) is 32.8 Å². The quantitative estimate of drug-likeness (QED) is 0.745. The van der Waals surface area contributed by atoms with Crippen LogP contribution in [0, 0.1) is 6.92 Å². The SMILES string of the molecule is COCCOCCC(=O)NCc1cn2cc(C)ccc2n1. The molecule has 0 aliphatic rings. The fraction of sp³-hybridized carbons (Fsp3) is 0.467. The van der Waals surface area contributed by atoms with Gasteiger partial charge < -0.3 is 19.2 Å². The Morgan fingerprint density at radius 2 is 2.14 bits per heavy atom. The molecule has 0 aliphatic carbocycles. The number of hydrogen-bond donors (Lipinski definition) is 1. The van der Waals surface area contributed by atoms with Crippen LogP contribution >= 0.6 is 0 Å². The maximum atomic E-state index is 11.7. The molecule has 1 N–H and O–H groups in total. The first kappa shape index (κ1) is 15.5. The molecule has 2 heterocycles. The number of rotatable bonds is 8.